The number of benzene rings is 1. The van der Waals surface area contributed by atoms with Crippen LogP contribution in [-0.2, 0) is 4.79 Å². The molecule has 22 heavy (non-hydrogen) atoms. The molecule has 3 N–H and O–H groups in total. The fraction of sp³-hybridized carbons (Fsp3) is 0.556. The highest BCUT2D eigenvalue weighted by atomic mass is 16.2. The summed E-state index contributed by atoms with van der Waals surface area (Å²) in [6.07, 6.45) is 5.05. The molecule has 1 aromatic carbocycles. The van der Waals surface area contributed by atoms with Crippen LogP contribution in [0, 0.1) is 5.92 Å². The number of quaternary nitrogens is 1. The van der Waals surface area contributed by atoms with Crippen molar-refractivity contribution in [2.75, 3.05) is 5.32 Å². The van der Waals surface area contributed by atoms with E-state index in [0.29, 0.717) is 17.5 Å². The second-order valence-electron chi connectivity index (χ2n) is 6.53. The lowest BCUT2D eigenvalue weighted by Crippen LogP contribution is -2.97. The summed E-state index contributed by atoms with van der Waals surface area (Å²) in [6.45, 7) is 5.78. The Morgan fingerprint density at radius 3 is 2.41 bits per heavy atom. The Labute approximate surface area is 132 Å². The molecule has 0 saturated heterocycles. The minimum absolute atomic E-state index is 0.0216. The van der Waals surface area contributed by atoms with Crippen LogP contribution in [0.15, 0.2) is 24.3 Å². The topological polar surface area (TPSA) is 62.8 Å². The van der Waals surface area contributed by atoms with Crippen LogP contribution in [0.5, 0.6) is 0 Å². The monoisotopic (exact) mass is 303 g/mol. The van der Waals surface area contributed by atoms with Gasteiger partial charge in [0, 0.05) is 17.2 Å². The molecule has 1 saturated carbocycles. The van der Waals surface area contributed by atoms with Gasteiger partial charge >= 0.3 is 0 Å². The largest absolute Gasteiger partial charge is 0.334 e. The van der Waals surface area contributed by atoms with E-state index in [1.54, 1.807) is 24.3 Å². The van der Waals surface area contributed by atoms with E-state index in [9.17, 15) is 9.59 Å². The zero-order valence-electron chi connectivity index (χ0n) is 13.8. The molecule has 1 aliphatic carbocycles. The number of hydrogen-bond donors (Lipinski definition) is 2. The number of nitrogens with one attached hydrogen (secondary N) is 1. The molecule has 0 radical (unpaired) electrons. The second-order valence-corrected chi connectivity index (χ2v) is 6.53. The fourth-order valence-electron chi connectivity index (χ4n) is 3.13. The number of rotatable bonds is 5. The lowest BCUT2D eigenvalue weighted by Gasteiger charge is -2.28. The minimum atomic E-state index is -0.0990. The van der Waals surface area contributed by atoms with E-state index in [2.05, 4.69) is 17.6 Å². The molecule has 4 nitrogen and oxygen atoms in total. The van der Waals surface area contributed by atoms with Crippen LogP contribution in [0.3, 0.4) is 0 Å². The Morgan fingerprint density at radius 1 is 1.18 bits per heavy atom. The Morgan fingerprint density at radius 2 is 1.82 bits per heavy atom. The molecule has 0 aromatic heterocycles. The summed E-state index contributed by atoms with van der Waals surface area (Å²) in [5, 5.41) is 5.14. The van der Waals surface area contributed by atoms with E-state index < -0.39 is 0 Å². The standard InChI is InChI=1S/C18H26N2O2/c1-12-6-4-5-7-17(12)19-13(2)18(22)20-16-10-8-15(9-11-16)14(3)21/h8-13,17,19H,4-7H2,1-3H3,(H,20,22)/p+1/t12-,13+,17+/m1/s1. The molecule has 0 heterocycles. The molecule has 120 valence electrons. The summed E-state index contributed by atoms with van der Waals surface area (Å²) in [5.41, 5.74) is 1.40. The van der Waals surface area contributed by atoms with Crippen LogP contribution < -0.4 is 10.6 Å². The molecule has 2 rings (SSSR count). The van der Waals surface area contributed by atoms with Gasteiger partial charge in [-0.15, -0.1) is 0 Å². The highest BCUT2D eigenvalue weighted by molar-refractivity contribution is 5.96. The molecule has 1 aliphatic rings. The molecule has 0 aliphatic heterocycles. The highest BCUT2D eigenvalue weighted by Gasteiger charge is 2.28. The Bertz CT molecular complexity index is 524. The first-order chi connectivity index (χ1) is 10.5. The summed E-state index contributed by atoms with van der Waals surface area (Å²) in [6, 6.07) is 7.51. The van der Waals surface area contributed by atoms with Gasteiger partial charge in [0.1, 0.15) is 0 Å². The maximum absolute atomic E-state index is 12.3. The first-order valence-electron chi connectivity index (χ1n) is 8.24. The zero-order valence-corrected chi connectivity index (χ0v) is 13.8. The van der Waals surface area contributed by atoms with Crippen molar-refractivity contribution in [2.45, 2.75) is 58.5 Å². The Kier molecular flexibility index (Phi) is 5.72. The summed E-state index contributed by atoms with van der Waals surface area (Å²) < 4.78 is 0. The number of nitrogens with two attached hydrogens (primary N) is 1. The van der Waals surface area contributed by atoms with Crippen LogP contribution in [0.25, 0.3) is 0 Å². The first kappa shape index (κ1) is 16.7. The van der Waals surface area contributed by atoms with Crippen LogP contribution >= 0.6 is 0 Å². The summed E-state index contributed by atoms with van der Waals surface area (Å²) in [7, 11) is 0. The number of anilines is 1. The lowest BCUT2D eigenvalue weighted by atomic mass is 9.85. The molecular formula is C18H27N2O2+. The molecule has 1 aromatic rings. The smallest absolute Gasteiger partial charge is 0.282 e. The number of amides is 1. The van der Waals surface area contributed by atoms with E-state index >= 15 is 0 Å². The number of ketones is 1. The summed E-state index contributed by atoms with van der Waals surface area (Å²) in [4.78, 5) is 23.5. The number of carbonyl (C=O) groups excluding carboxylic acids is 2. The number of hydrogen-bond acceptors (Lipinski definition) is 2. The lowest BCUT2D eigenvalue weighted by molar-refractivity contribution is -0.714. The Balaban J connectivity index is 1.89. The highest BCUT2D eigenvalue weighted by Crippen LogP contribution is 2.21. The van der Waals surface area contributed by atoms with Crippen molar-refractivity contribution in [3.63, 3.8) is 0 Å². The van der Waals surface area contributed by atoms with Gasteiger partial charge in [-0.2, -0.15) is 0 Å². The third-order valence-corrected chi connectivity index (χ3v) is 4.69. The van der Waals surface area contributed by atoms with Crippen LogP contribution in [0.2, 0.25) is 0 Å². The molecule has 0 unspecified atom stereocenters. The van der Waals surface area contributed by atoms with Gasteiger partial charge in [0.25, 0.3) is 5.91 Å². The van der Waals surface area contributed by atoms with Gasteiger partial charge in [-0.25, -0.2) is 0 Å². The van der Waals surface area contributed by atoms with Crippen LogP contribution in [-0.4, -0.2) is 23.8 Å². The normalized spacial score (nSPS) is 22.9. The average molecular weight is 303 g/mol. The summed E-state index contributed by atoms with van der Waals surface area (Å²) >= 11 is 0. The third kappa shape index (κ3) is 4.41. The molecule has 4 heteroatoms. The predicted octanol–water partition coefficient (Wildman–Crippen LogP) is 2.36. The quantitative estimate of drug-likeness (QED) is 0.820. The van der Waals surface area contributed by atoms with Crippen LogP contribution in [0.1, 0.15) is 56.8 Å². The molecule has 1 fully saturated rings. The zero-order chi connectivity index (χ0) is 16.1. The molecule has 0 bridgehead atoms. The third-order valence-electron chi connectivity index (χ3n) is 4.69. The van der Waals surface area contributed by atoms with Crippen molar-refractivity contribution >= 4 is 17.4 Å². The SMILES string of the molecule is CC(=O)c1ccc(NC(=O)[C@H](C)[NH2+][C@H]2CCCC[C@H]2C)cc1. The van der Waals surface area contributed by atoms with E-state index in [1.807, 2.05) is 6.92 Å². The summed E-state index contributed by atoms with van der Waals surface area (Å²) in [5.74, 6) is 0.734. The maximum Gasteiger partial charge on any atom is 0.282 e. The van der Waals surface area contributed by atoms with Crippen molar-refractivity contribution in [1.29, 1.82) is 0 Å². The second kappa shape index (κ2) is 7.54. The Hall–Kier alpha value is -1.68. The van der Waals surface area contributed by atoms with E-state index in [-0.39, 0.29) is 17.7 Å². The van der Waals surface area contributed by atoms with E-state index in [1.165, 1.54) is 32.6 Å². The first-order valence-corrected chi connectivity index (χ1v) is 8.24. The van der Waals surface area contributed by atoms with Gasteiger partial charge in [0.15, 0.2) is 11.8 Å². The van der Waals surface area contributed by atoms with Crippen molar-refractivity contribution in [1.82, 2.24) is 0 Å². The molecule has 1 amide bonds. The average Bonchev–Trinajstić information content (AvgIpc) is 2.50. The van der Waals surface area contributed by atoms with Crippen molar-refractivity contribution in [3.05, 3.63) is 29.8 Å². The van der Waals surface area contributed by atoms with Crippen molar-refractivity contribution in [3.8, 4) is 0 Å². The van der Waals surface area contributed by atoms with E-state index in [0.717, 1.165) is 5.69 Å². The van der Waals surface area contributed by atoms with Gasteiger partial charge in [0.05, 0.1) is 6.04 Å². The van der Waals surface area contributed by atoms with Gasteiger partial charge in [0.2, 0.25) is 0 Å². The van der Waals surface area contributed by atoms with Gasteiger partial charge in [-0.3, -0.25) is 9.59 Å². The fourth-order valence-corrected chi connectivity index (χ4v) is 3.13. The van der Waals surface area contributed by atoms with Crippen molar-refractivity contribution < 1.29 is 14.9 Å². The molecule has 0 spiro atoms. The minimum Gasteiger partial charge on any atom is -0.334 e. The predicted molar refractivity (Wildman–Crippen MR) is 87.9 cm³/mol. The molecular weight excluding hydrogens is 276 g/mol. The van der Waals surface area contributed by atoms with Crippen molar-refractivity contribution in [2.24, 2.45) is 5.92 Å². The molecule has 3 atom stereocenters. The van der Waals surface area contributed by atoms with Crippen LogP contribution in [0.4, 0.5) is 5.69 Å². The van der Waals surface area contributed by atoms with Gasteiger partial charge in [-0.05, 0) is 57.4 Å². The van der Waals surface area contributed by atoms with Gasteiger partial charge < -0.3 is 10.6 Å². The maximum atomic E-state index is 12.3. The number of Topliss-reactive ketones (excluding diaryl/α,β-unsaturated/α-hetero) is 1. The van der Waals surface area contributed by atoms with Gasteiger partial charge in [-0.1, -0.05) is 13.3 Å². The van der Waals surface area contributed by atoms with E-state index in [4.69, 9.17) is 0 Å². The number of carbonyl (C=O) groups is 2.